The molecule has 0 unspecified atom stereocenters. The van der Waals surface area contributed by atoms with Crippen molar-refractivity contribution < 1.29 is 14.6 Å². The number of nitrogens with one attached hydrogen (secondary N) is 1. The molecule has 0 amide bonds. The molecule has 174 valence electrons. The Hall–Kier alpha value is -2.67. The van der Waals surface area contributed by atoms with Gasteiger partial charge >= 0.3 is 5.97 Å². The summed E-state index contributed by atoms with van der Waals surface area (Å²) in [6.45, 7) is 11.3. The Bertz CT molecular complexity index is 916. The Morgan fingerprint density at radius 2 is 2.12 bits per heavy atom. The number of aromatic nitrogens is 2. The van der Waals surface area contributed by atoms with Crippen molar-refractivity contribution in [1.29, 1.82) is 0 Å². The number of aryl methyl sites for hydroxylation is 1. The van der Waals surface area contributed by atoms with Crippen molar-refractivity contribution in [1.82, 2.24) is 15.1 Å². The number of rotatable bonds is 9. The van der Waals surface area contributed by atoms with Gasteiger partial charge in [0.2, 0.25) is 0 Å². The van der Waals surface area contributed by atoms with Gasteiger partial charge in [-0.3, -0.25) is 4.79 Å². The van der Waals surface area contributed by atoms with Crippen LogP contribution in [0.4, 0.5) is 5.82 Å². The summed E-state index contributed by atoms with van der Waals surface area (Å²) in [5.41, 5.74) is 3.47. The molecular weight excluding hydrogens is 404 g/mol. The number of likely N-dealkylation sites (tertiary alicyclic amines) is 1. The first-order valence-corrected chi connectivity index (χ1v) is 11.7. The number of anilines is 1. The number of phenolic OH excluding ortho intramolecular Hbond substituents is 1. The number of carbonyl (C=O) groups excluding carboxylic acids is 1. The van der Waals surface area contributed by atoms with Crippen LogP contribution in [0.2, 0.25) is 0 Å². The first kappa shape index (κ1) is 24.0. The number of benzene rings is 1. The molecule has 0 radical (unpaired) electrons. The number of piperidine rings is 1. The summed E-state index contributed by atoms with van der Waals surface area (Å²) in [5, 5.41) is 22.8. The molecule has 2 N–H and O–H groups in total. The second-order valence-electron chi connectivity index (χ2n) is 8.89. The molecule has 1 aromatic carbocycles. The van der Waals surface area contributed by atoms with Crippen LogP contribution >= 0.6 is 0 Å². The van der Waals surface area contributed by atoms with Gasteiger partial charge < -0.3 is 20.1 Å². The van der Waals surface area contributed by atoms with Gasteiger partial charge in [0, 0.05) is 24.6 Å². The Labute approximate surface area is 191 Å². The molecule has 7 heteroatoms. The molecular formula is C25H36N4O3. The van der Waals surface area contributed by atoms with Crippen LogP contribution in [0.5, 0.6) is 5.75 Å². The number of ether oxygens (including phenoxy) is 1. The summed E-state index contributed by atoms with van der Waals surface area (Å²) >= 11 is 0. The van der Waals surface area contributed by atoms with E-state index in [1.54, 1.807) is 0 Å². The zero-order chi connectivity index (χ0) is 23.1. The molecule has 1 aromatic heterocycles. The summed E-state index contributed by atoms with van der Waals surface area (Å²) in [4.78, 5) is 13.9. The minimum absolute atomic E-state index is 0.116. The third-order valence-electron chi connectivity index (χ3n) is 5.95. The third-order valence-corrected chi connectivity index (χ3v) is 5.95. The fourth-order valence-electron chi connectivity index (χ4n) is 4.20. The van der Waals surface area contributed by atoms with E-state index in [1.807, 2.05) is 38.1 Å². The number of carbonyl (C=O) groups is 1. The number of phenols is 1. The SMILES string of the molecule is CCOC(=O)CCCN1CCC[C@@H](Nc2cc(C)c(-c3ccc(C(C)C)cc3O)nn2)C1. The van der Waals surface area contributed by atoms with Gasteiger partial charge in [-0.25, -0.2) is 0 Å². The number of aromatic hydroxyl groups is 1. The minimum Gasteiger partial charge on any atom is -0.507 e. The van der Waals surface area contributed by atoms with E-state index in [0.717, 1.165) is 55.8 Å². The zero-order valence-corrected chi connectivity index (χ0v) is 19.7. The monoisotopic (exact) mass is 440 g/mol. The molecule has 2 aromatic rings. The summed E-state index contributed by atoms with van der Waals surface area (Å²) in [7, 11) is 0. The predicted molar refractivity (Wildman–Crippen MR) is 127 cm³/mol. The molecule has 1 aliphatic heterocycles. The molecule has 1 saturated heterocycles. The lowest BCUT2D eigenvalue weighted by molar-refractivity contribution is -0.143. The lowest BCUT2D eigenvalue weighted by Crippen LogP contribution is -2.42. The van der Waals surface area contributed by atoms with Crippen molar-refractivity contribution in [2.45, 2.75) is 65.3 Å². The highest BCUT2D eigenvalue weighted by Crippen LogP contribution is 2.33. The van der Waals surface area contributed by atoms with Gasteiger partial charge in [0.25, 0.3) is 0 Å². The van der Waals surface area contributed by atoms with Gasteiger partial charge in [-0.2, -0.15) is 0 Å². The highest BCUT2D eigenvalue weighted by atomic mass is 16.5. The molecule has 7 nitrogen and oxygen atoms in total. The molecule has 0 spiro atoms. The van der Waals surface area contributed by atoms with Gasteiger partial charge in [0.15, 0.2) is 0 Å². The maximum atomic E-state index is 11.5. The first-order chi connectivity index (χ1) is 15.4. The molecule has 2 heterocycles. The second-order valence-corrected chi connectivity index (χ2v) is 8.89. The molecule has 0 aliphatic carbocycles. The van der Waals surface area contributed by atoms with E-state index in [9.17, 15) is 9.90 Å². The van der Waals surface area contributed by atoms with Crippen molar-refractivity contribution >= 4 is 11.8 Å². The van der Waals surface area contributed by atoms with Crippen molar-refractivity contribution in [3.8, 4) is 17.0 Å². The van der Waals surface area contributed by atoms with Crippen LogP contribution in [0.3, 0.4) is 0 Å². The van der Waals surface area contributed by atoms with Gasteiger partial charge in [-0.1, -0.05) is 19.9 Å². The van der Waals surface area contributed by atoms with Crippen molar-refractivity contribution in [3.63, 3.8) is 0 Å². The Kier molecular flexibility index (Phi) is 8.45. The van der Waals surface area contributed by atoms with Crippen LogP contribution < -0.4 is 5.32 Å². The number of nitrogens with zero attached hydrogens (tertiary/aromatic N) is 3. The van der Waals surface area contributed by atoms with Crippen LogP contribution in [0, 0.1) is 6.92 Å². The first-order valence-electron chi connectivity index (χ1n) is 11.7. The van der Waals surface area contributed by atoms with E-state index in [4.69, 9.17) is 4.74 Å². The summed E-state index contributed by atoms with van der Waals surface area (Å²) in [5.74, 6) is 1.23. The maximum Gasteiger partial charge on any atom is 0.305 e. The van der Waals surface area contributed by atoms with Crippen LogP contribution in [-0.2, 0) is 9.53 Å². The van der Waals surface area contributed by atoms with Crippen molar-refractivity contribution in [3.05, 3.63) is 35.4 Å². The molecule has 0 bridgehead atoms. The smallest absolute Gasteiger partial charge is 0.305 e. The van der Waals surface area contributed by atoms with E-state index in [2.05, 4.69) is 34.3 Å². The number of hydrogen-bond acceptors (Lipinski definition) is 7. The highest BCUT2D eigenvalue weighted by molar-refractivity contribution is 5.70. The van der Waals surface area contributed by atoms with Crippen LogP contribution in [0.25, 0.3) is 11.3 Å². The average Bonchev–Trinajstić information content (AvgIpc) is 2.75. The molecule has 3 rings (SSSR count). The summed E-state index contributed by atoms with van der Waals surface area (Å²) in [6.07, 6.45) is 3.48. The fraction of sp³-hybridized carbons (Fsp3) is 0.560. The number of hydrogen-bond donors (Lipinski definition) is 2. The Morgan fingerprint density at radius 3 is 2.81 bits per heavy atom. The van der Waals surface area contributed by atoms with Gasteiger partial charge in [-0.15, -0.1) is 10.2 Å². The molecule has 0 saturated carbocycles. The average molecular weight is 441 g/mol. The lowest BCUT2D eigenvalue weighted by Gasteiger charge is -2.33. The van der Waals surface area contributed by atoms with Crippen molar-refractivity contribution in [2.24, 2.45) is 0 Å². The highest BCUT2D eigenvalue weighted by Gasteiger charge is 2.21. The van der Waals surface area contributed by atoms with E-state index in [-0.39, 0.29) is 11.7 Å². The molecule has 32 heavy (non-hydrogen) atoms. The molecule has 1 fully saturated rings. The largest absolute Gasteiger partial charge is 0.507 e. The lowest BCUT2D eigenvalue weighted by atomic mass is 9.98. The summed E-state index contributed by atoms with van der Waals surface area (Å²) < 4.78 is 5.01. The standard InChI is InChI=1S/C25H36N4O3/c1-5-32-24(31)9-7-13-29-12-6-8-20(16-29)26-23-14-18(4)25(28-27-23)21-11-10-19(17(2)3)15-22(21)30/h10-11,14-15,17,20,30H,5-9,12-13,16H2,1-4H3,(H,26,27)/t20-/m1/s1. The van der Waals surface area contributed by atoms with Crippen molar-refractivity contribution in [2.75, 3.05) is 31.6 Å². The van der Waals surface area contributed by atoms with Crippen LogP contribution in [0.1, 0.15) is 63.5 Å². The molecule has 1 atom stereocenters. The van der Waals surface area contributed by atoms with Crippen LogP contribution in [0.15, 0.2) is 24.3 Å². The van der Waals surface area contributed by atoms with Crippen LogP contribution in [-0.4, -0.2) is 58.5 Å². The summed E-state index contributed by atoms with van der Waals surface area (Å²) in [6, 6.07) is 8.06. The second kappa shape index (κ2) is 11.3. The quantitative estimate of drug-likeness (QED) is 0.555. The Balaban J connectivity index is 1.59. The van der Waals surface area contributed by atoms with Gasteiger partial charge in [0.1, 0.15) is 11.6 Å². The zero-order valence-electron chi connectivity index (χ0n) is 19.7. The van der Waals surface area contributed by atoms with E-state index >= 15 is 0 Å². The van der Waals surface area contributed by atoms with Gasteiger partial charge in [-0.05, 0) is 81.4 Å². The maximum absolute atomic E-state index is 11.5. The van der Waals surface area contributed by atoms with Gasteiger partial charge in [0.05, 0.1) is 12.3 Å². The predicted octanol–water partition coefficient (Wildman–Crippen LogP) is 4.50. The fourth-order valence-corrected chi connectivity index (χ4v) is 4.20. The number of esters is 1. The van der Waals surface area contributed by atoms with E-state index < -0.39 is 0 Å². The minimum atomic E-state index is -0.116. The van der Waals surface area contributed by atoms with E-state index in [0.29, 0.717) is 36.2 Å². The molecule has 1 aliphatic rings. The Morgan fingerprint density at radius 1 is 1.31 bits per heavy atom. The van der Waals surface area contributed by atoms with E-state index in [1.165, 1.54) is 0 Å². The normalized spacial score (nSPS) is 16.8. The topological polar surface area (TPSA) is 87.6 Å². The third kappa shape index (κ3) is 6.42.